The number of anilines is 2. The van der Waals surface area contributed by atoms with Crippen LogP contribution in [0.2, 0.25) is 0 Å². The summed E-state index contributed by atoms with van der Waals surface area (Å²) < 4.78 is 0. The van der Waals surface area contributed by atoms with Gasteiger partial charge >= 0.3 is 0 Å². The molecule has 7 nitrogen and oxygen atoms in total. The number of nitrogens with zero attached hydrogens (tertiary/aromatic N) is 3. The molecule has 7 heteroatoms. The minimum atomic E-state index is -0.211. The zero-order chi connectivity index (χ0) is 21.3. The number of aromatic nitrogens is 2. The van der Waals surface area contributed by atoms with E-state index < -0.39 is 0 Å². The molecule has 0 bridgehead atoms. The molecule has 0 aliphatic carbocycles. The predicted molar refractivity (Wildman–Crippen MR) is 121 cm³/mol. The minimum Gasteiger partial charge on any atom is -0.367 e. The van der Waals surface area contributed by atoms with Crippen LogP contribution in [0.1, 0.15) is 13.8 Å². The first kappa shape index (κ1) is 20.1. The quantitative estimate of drug-likeness (QED) is 0.698. The van der Waals surface area contributed by atoms with Crippen LogP contribution in [0.4, 0.5) is 11.4 Å². The monoisotopic (exact) mass is 405 g/mol. The molecule has 4 rings (SSSR count). The lowest BCUT2D eigenvalue weighted by Crippen LogP contribution is -2.44. The zero-order valence-corrected chi connectivity index (χ0v) is 17.6. The Morgan fingerprint density at radius 2 is 1.77 bits per heavy atom. The summed E-state index contributed by atoms with van der Waals surface area (Å²) in [5.41, 5.74) is 3.11. The Hall–Kier alpha value is -3.19. The van der Waals surface area contributed by atoms with E-state index in [0.29, 0.717) is 11.1 Å². The molecule has 1 amide bonds. The van der Waals surface area contributed by atoms with Crippen molar-refractivity contribution in [1.82, 2.24) is 15.1 Å². The van der Waals surface area contributed by atoms with Crippen molar-refractivity contribution in [1.29, 1.82) is 0 Å². The van der Waals surface area contributed by atoms with Crippen LogP contribution < -0.4 is 15.8 Å². The van der Waals surface area contributed by atoms with Gasteiger partial charge < -0.3 is 15.1 Å². The van der Waals surface area contributed by atoms with Crippen molar-refractivity contribution in [3.05, 3.63) is 52.8 Å². The zero-order valence-electron chi connectivity index (χ0n) is 17.6. The summed E-state index contributed by atoms with van der Waals surface area (Å²) in [4.78, 5) is 29.3. The molecule has 2 N–H and O–H groups in total. The topological polar surface area (TPSA) is 81.3 Å². The van der Waals surface area contributed by atoms with Crippen LogP contribution in [0.5, 0.6) is 0 Å². The summed E-state index contributed by atoms with van der Waals surface area (Å²) in [6.45, 7) is 7.52. The third-order valence-electron chi connectivity index (χ3n) is 5.59. The van der Waals surface area contributed by atoms with Crippen LogP contribution in [0, 0.1) is 5.92 Å². The number of hydrogen-bond donors (Lipinski definition) is 2. The number of aromatic amines is 1. The van der Waals surface area contributed by atoms with Gasteiger partial charge in [-0.2, -0.15) is 5.10 Å². The van der Waals surface area contributed by atoms with Gasteiger partial charge in [0.15, 0.2) is 0 Å². The van der Waals surface area contributed by atoms with Gasteiger partial charge in [0.05, 0.1) is 22.5 Å². The van der Waals surface area contributed by atoms with Gasteiger partial charge in [0.1, 0.15) is 0 Å². The van der Waals surface area contributed by atoms with Crippen LogP contribution in [-0.2, 0) is 4.79 Å². The van der Waals surface area contributed by atoms with E-state index in [9.17, 15) is 9.59 Å². The molecule has 2 heterocycles. The number of fused-ring (bicyclic) bond motifs is 1. The van der Waals surface area contributed by atoms with Crippen molar-refractivity contribution in [2.24, 2.45) is 5.92 Å². The summed E-state index contributed by atoms with van der Waals surface area (Å²) in [5.74, 6) is -0.150. The number of hydrogen-bond acceptors (Lipinski definition) is 5. The van der Waals surface area contributed by atoms with Crippen LogP contribution >= 0.6 is 0 Å². The molecule has 30 heavy (non-hydrogen) atoms. The molecule has 1 saturated heterocycles. The lowest BCUT2D eigenvalue weighted by Gasteiger charge is -2.35. The van der Waals surface area contributed by atoms with E-state index in [1.54, 1.807) is 6.07 Å². The second-order valence-electron chi connectivity index (χ2n) is 8.11. The first-order chi connectivity index (χ1) is 14.4. The van der Waals surface area contributed by atoms with Gasteiger partial charge in [0.2, 0.25) is 5.91 Å². The first-order valence-corrected chi connectivity index (χ1v) is 10.3. The summed E-state index contributed by atoms with van der Waals surface area (Å²) in [6.07, 6.45) is 0. The van der Waals surface area contributed by atoms with Crippen molar-refractivity contribution < 1.29 is 4.79 Å². The van der Waals surface area contributed by atoms with E-state index in [1.807, 2.05) is 50.2 Å². The SMILES string of the molecule is CC(C)C(=O)Nc1cc(-c2n[nH]c(=O)c3ccccc23)ccc1N1CCN(C)CC1. The summed E-state index contributed by atoms with van der Waals surface area (Å²) in [5, 5.41) is 11.4. The molecule has 3 aromatic rings. The average Bonchev–Trinajstić information content (AvgIpc) is 2.75. The molecule has 156 valence electrons. The highest BCUT2D eigenvalue weighted by molar-refractivity contribution is 5.99. The van der Waals surface area contributed by atoms with Gasteiger partial charge in [0, 0.05) is 43.0 Å². The van der Waals surface area contributed by atoms with Crippen LogP contribution in [0.3, 0.4) is 0 Å². The number of nitrogens with one attached hydrogen (secondary N) is 2. The van der Waals surface area contributed by atoms with Crippen molar-refractivity contribution in [2.75, 3.05) is 43.4 Å². The van der Waals surface area contributed by atoms with Crippen molar-refractivity contribution in [3.63, 3.8) is 0 Å². The number of amides is 1. The van der Waals surface area contributed by atoms with E-state index in [0.717, 1.165) is 48.5 Å². The third-order valence-corrected chi connectivity index (χ3v) is 5.59. The van der Waals surface area contributed by atoms with Gasteiger partial charge in [-0.1, -0.05) is 38.1 Å². The van der Waals surface area contributed by atoms with Gasteiger partial charge in [-0.25, -0.2) is 5.10 Å². The van der Waals surface area contributed by atoms with E-state index in [2.05, 4.69) is 32.4 Å². The highest BCUT2D eigenvalue weighted by Gasteiger charge is 2.20. The Kier molecular flexibility index (Phi) is 5.55. The highest BCUT2D eigenvalue weighted by atomic mass is 16.2. The maximum atomic E-state index is 12.5. The molecule has 0 unspecified atom stereocenters. The molecule has 0 radical (unpaired) electrons. The molecule has 1 fully saturated rings. The number of carbonyl (C=O) groups is 1. The molecular formula is C23H27N5O2. The van der Waals surface area contributed by atoms with Crippen molar-refractivity contribution in [3.8, 4) is 11.3 Å². The third kappa shape index (κ3) is 3.93. The molecule has 1 aromatic heterocycles. The van der Waals surface area contributed by atoms with Gasteiger partial charge in [-0.05, 0) is 25.2 Å². The molecule has 2 aromatic carbocycles. The van der Waals surface area contributed by atoms with Crippen molar-refractivity contribution in [2.45, 2.75) is 13.8 Å². The van der Waals surface area contributed by atoms with Crippen molar-refractivity contribution >= 4 is 28.1 Å². The molecule has 1 aliphatic heterocycles. The number of carbonyl (C=O) groups excluding carboxylic acids is 1. The molecule has 0 atom stereocenters. The molecule has 1 aliphatic rings. The Morgan fingerprint density at radius 3 is 2.47 bits per heavy atom. The Morgan fingerprint density at radius 1 is 1.07 bits per heavy atom. The summed E-state index contributed by atoms with van der Waals surface area (Å²) in [7, 11) is 2.12. The number of rotatable bonds is 4. The fourth-order valence-corrected chi connectivity index (χ4v) is 3.72. The summed E-state index contributed by atoms with van der Waals surface area (Å²) in [6, 6.07) is 13.4. The Balaban J connectivity index is 1.80. The van der Waals surface area contributed by atoms with E-state index in [-0.39, 0.29) is 17.4 Å². The second-order valence-corrected chi connectivity index (χ2v) is 8.11. The van der Waals surface area contributed by atoms with E-state index in [1.165, 1.54) is 0 Å². The molecule has 0 saturated carbocycles. The van der Waals surface area contributed by atoms with E-state index >= 15 is 0 Å². The maximum Gasteiger partial charge on any atom is 0.272 e. The normalized spacial score (nSPS) is 15.0. The minimum absolute atomic E-state index is 0.0261. The van der Waals surface area contributed by atoms with Gasteiger partial charge in [0.25, 0.3) is 5.56 Å². The molecular weight excluding hydrogens is 378 g/mol. The number of piperazine rings is 1. The fourth-order valence-electron chi connectivity index (χ4n) is 3.72. The first-order valence-electron chi connectivity index (χ1n) is 10.3. The second kappa shape index (κ2) is 8.28. The number of H-pyrrole nitrogens is 1. The standard InChI is InChI=1S/C23H27N5O2/c1-15(2)22(29)24-19-14-16(8-9-20(19)28-12-10-27(3)11-13-28)21-17-6-4-5-7-18(17)23(30)26-25-21/h4-9,14-15H,10-13H2,1-3H3,(H,24,29)(H,26,30). The van der Waals surface area contributed by atoms with E-state index in [4.69, 9.17) is 0 Å². The highest BCUT2D eigenvalue weighted by Crippen LogP contribution is 2.33. The molecule has 0 spiro atoms. The van der Waals surface area contributed by atoms with Crippen LogP contribution in [0.25, 0.3) is 22.0 Å². The van der Waals surface area contributed by atoms with Crippen LogP contribution in [0.15, 0.2) is 47.3 Å². The van der Waals surface area contributed by atoms with Crippen LogP contribution in [-0.4, -0.2) is 54.2 Å². The number of benzene rings is 2. The number of likely N-dealkylation sites (N-methyl/N-ethyl adjacent to an activating group) is 1. The smallest absolute Gasteiger partial charge is 0.272 e. The van der Waals surface area contributed by atoms with Gasteiger partial charge in [-0.3, -0.25) is 9.59 Å². The predicted octanol–water partition coefficient (Wildman–Crippen LogP) is 2.94. The fraction of sp³-hybridized carbons (Fsp3) is 0.348. The van der Waals surface area contributed by atoms with Gasteiger partial charge in [-0.15, -0.1) is 0 Å². The maximum absolute atomic E-state index is 12.5. The average molecular weight is 406 g/mol. The lowest BCUT2D eigenvalue weighted by atomic mass is 10.0. The summed E-state index contributed by atoms with van der Waals surface area (Å²) >= 11 is 0. The Bertz CT molecular complexity index is 1130. The lowest BCUT2D eigenvalue weighted by molar-refractivity contribution is -0.118. The Labute approximate surface area is 175 Å². The largest absolute Gasteiger partial charge is 0.367 e.